The van der Waals surface area contributed by atoms with Crippen molar-refractivity contribution >= 4 is 28.5 Å². The average molecular weight is 375 g/mol. The number of amides is 1. The number of carbonyl (C=O) groups is 1. The van der Waals surface area contributed by atoms with E-state index < -0.39 is 11.4 Å². The zero-order valence-electron chi connectivity index (χ0n) is 14.3. The summed E-state index contributed by atoms with van der Waals surface area (Å²) < 4.78 is 27.1. The van der Waals surface area contributed by atoms with Crippen molar-refractivity contribution in [1.82, 2.24) is 0 Å². The molecule has 2 aromatic carbocycles. The highest BCUT2D eigenvalue weighted by atomic mass is 32.2. The summed E-state index contributed by atoms with van der Waals surface area (Å²) >= 11 is 1.49. The Labute approximate surface area is 154 Å². The number of nitrogens with one attached hydrogen (secondary N) is 1. The molecule has 7 heteroatoms. The normalized spacial score (nSPS) is 19.7. The van der Waals surface area contributed by atoms with Crippen LogP contribution in [0.25, 0.3) is 0 Å². The summed E-state index contributed by atoms with van der Waals surface area (Å²) in [5, 5.41) is 3.09. The van der Waals surface area contributed by atoms with Crippen molar-refractivity contribution in [3.63, 3.8) is 0 Å². The van der Waals surface area contributed by atoms with Gasteiger partial charge in [-0.2, -0.15) is 0 Å². The molecule has 0 spiro atoms. The van der Waals surface area contributed by atoms with Crippen molar-refractivity contribution in [1.29, 1.82) is 0 Å². The van der Waals surface area contributed by atoms with Crippen LogP contribution in [-0.4, -0.2) is 16.8 Å². The Hall–Kier alpha value is -2.41. The molecule has 0 radical (unpaired) electrons. The summed E-state index contributed by atoms with van der Waals surface area (Å²) in [6.45, 7) is 1.94. The van der Waals surface area contributed by atoms with Gasteiger partial charge < -0.3 is 11.1 Å². The van der Waals surface area contributed by atoms with E-state index in [0.717, 1.165) is 17.7 Å². The summed E-state index contributed by atoms with van der Waals surface area (Å²) in [5.41, 5.74) is 6.83. The van der Waals surface area contributed by atoms with Crippen LogP contribution in [0.1, 0.15) is 24.5 Å². The monoisotopic (exact) mass is 375 g/mol. The summed E-state index contributed by atoms with van der Waals surface area (Å²) in [5.74, 6) is -0.436. The van der Waals surface area contributed by atoms with Gasteiger partial charge in [0.1, 0.15) is 11.6 Å². The van der Waals surface area contributed by atoms with Crippen molar-refractivity contribution < 1.29 is 13.6 Å². The van der Waals surface area contributed by atoms with E-state index in [4.69, 9.17) is 5.73 Å². The van der Waals surface area contributed by atoms with Crippen molar-refractivity contribution in [3.8, 4) is 0 Å². The van der Waals surface area contributed by atoms with Crippen LogP contribution < -0.4 is 11.1 Å². The van der Waals surface area contributed by atoms with Gasteiger partial charge >= 0.3 is 0 Å². The highest BCUT2D eigenvalue weighted by molar-refractivity contribution is 8.13. The summed E-state index contributed by atoms with van der Waals surface area (Å²) in [4.78, 5) is 16.7. The first-order chi connectivity index (χ1) is 12.4. The zero-order chi connectivity index (χ0) is 18.7. The number of carbonyl (C=O) groups excluding carboxylic acids is 1. The molecule has 0 saturated heterocycles. The first-order valence-electron chi connectivity index (χ1n) is 8.18. The van der Waals surface area contributed by atoms with Gasteiger partial charge in [0.25, 0.3) is 0 Å². The van der Waals surface area contributed by atoms with E-state index in [1.54, 1.807) is 12.1 Å². The molecule has 4 nitrogen and oxygen atoms in total. The van der Waals surface area contributed by atoms with Gasteiger partial charge in [-0.25, -0.2) is 8.78 Å². The number of nitrogens with two attached hydrogens (primary N) is 1. The molecule has 0 aromatic heterocycles. The maximum Gasteiger partial charge on any atom is 0.228 e. The average Bonchev–Trinajstić information content (AvgIpc) is 2.58. The smallest absolute Gasteiger partial charge is 0.228 e. The van der Waals surface area contributed by atoms with Gasteiger partial charge in [0.2, 0.25) is 5.91 Å². The first kappa shape index (κ1) is 18.4. The first-order valence-corrected chi connectivity index (χ1v) is 9.17. The largest absolute Gasteiger partial charge is 0.379 e. The summed E-state index contributed by atoms with van der Waals surface area (Å²) in [7, 11) is 0. The fraction of sp³-hybridized carbons (Fsp3) is 0.263. The van der Waals surface area contributed by atoms with E-state index in [9.17, 15) is 13.6 Å². The molecule has 1 unspecified atom stereocenters. The molecule has 1 aliphatic rings. The second-order valence-corrected chi connectivity index (χ2v) is 7.48. The second kappa shape index (κ2) is 7.45. The predicted octanol–water partition coefficient (Wildman–Crippen LogP) is 3.81. The van der Waals surface area contributed by atoms with Crippen LogP contribution in [0.5, 0.6) is 0 Å². The number of amidine groups is 1. The molecule has 0 fully saturated rings. The van der Waals surface area contributed by atoms with Crippen molar-refractivity contribution in [3.05, 3.63) is 65.2 Å². The molecular formula is C19H19F2N3OS. The minimum absolute atomic E-state index is 0.0307. The Balaban J connectivity index is 1.78. The Kier molecular flexibility index (Phi) is 5.27. The number of aliphatic imine (C=N–C) groups is 1. The minimum atomic E-state index is -0.542. The minimum Gasteiger partial charge on any atom is -0.379 e. The summed E-state index contributed by atoms with van der Waals surface area (Å²) in [6, 6.07) is 10.2. The van der Waals surface area contributed by atoms with E-state index in [2.05, 4.69) is 10.3 Å². The fourth-order valence-electron chi connectivity index (χ4n) is 2.83. The highest BCUT2D eigenvalue weighted by Crippen LogP contribution is 2.36. The molecule has 1 heterocycles. The van der Waals surface area contributed by atoms with Crippen molar-refractivity contribution in [2.45, 2.75) is 25.3 Å². The molecule has 1 aliphatic heterocycles. The molecule has 0 saturated carbocycles. The molecular weight excluding hydrogens is 356 g/mol. The molecule has 136 valence electrons. The lowest BCUT2D eigenvalue weighted by atomic mass is 9.89. The molecule has 0 aliphatic carbocycles. The third-order valence-electron chi connectivity index (χ3n) is 4.34. The second-order valence-electron chi connectivity index (χ2n) is 6.37. The molecule has 26 heavy (non-hydrogen) atoms. The van der Waals surface area contributed by atoms with Crippen LogP contribution in [-0.2, 0) is 16.8 Å². The number of thioether (sulfide) groups is 1. The van der Waals surface area contributed by atoms with Gasteiger partial charge in [-0.15, -0.1) is 0 Å². The maximum atomic E-state index is 14.2. The fourth-order valence-corrected chi connectivity index (χ4v) is 3.81. The lowest BCUT2D eigenvalue weighted by Crippen LogP contribution is -2.29. The number of halogens is 2. The van der Waals surface area contributed by atoms with Gasteiger partial charge in [-0.05, 0) is 48.7 Å². The Morgan fingerprint density at radius 1 is 1.27 bits per heavy atom. The van der Waals surface area contributed by atoms with Crippen molar-refractivity contribution in [2.24, 2.45) is 10.7 Å². The number of hydrogen-bond donors (Lipinski definition) is 2. The van der Waals surface area contributed by atoms with E-state index >= 15 is 0 Å². The number of nitrogens with zero attached hydrogens (tertiary/aromatic N) is 1. The highest BCUT2D eigenvalue weighted by Gasteiger charge is 2.30. The van der Waals surface area contributed by atoms with Crippen LogP contribution >= 0.6 is 11.8 Å². The Morgan fingerprint density at radius 2 is 2.00 bits per heavy atom. The van der Waals surface area contributed by atoms with Crippen LogP contribution in [0.2, 0.25) is 0 Å². The third kappa shape index (κ3) is 4.22. The van der Waals surface area contributed by atoms with Crippen LogP contribution in [0.15, 0.2) is 47.5 Å². The van der Waals surface area contributed by atoms with Gasteiger partial charge in [0, 0.05) is 5.75 Å². The number of benzene rings is 2. The topological polar surface area (TPSA) is 67.5 Å². The molecule has 3 N–H and O–H groups in total. The SMILES string of the molecule is CC1(c2ccc(F)c(NC(=O)Cc3ccc(F)cc3)c2)CCSC(N)=N1. The van der Waals surface area contributed by atoms with Crippen molar-refractivity contribution in [2.75, 3.05) is 11.1 Å². The number of rotatable bonds is 4. The molecule has 3 rings (SSSR count). The Bertz CT molecular complexity index is 854. The quantitative estimate of drug-likeness (QED) is 0.854. The van der Waals surface area contributed by atoms with Crippen LogP contribution in [0, 0.1) is 11.6 Å². The van der Waals surface area contributed by atoms with Gasteiger partial charge in [-0.1, -0.05) is 30.0 Å². The lowest BCUT2D eigenvalue weighted by molar-refractivity contribution is -0.115. The zero-order valence-corrected chi connectivity index (χ0v) is 15.1. The molecule has 1 atom stereocenters. The Morgan fingerprint density at radius 3 is 2.69 bits per heavy atom. The standard InChI is InChI=1S/C19H19F2N3OS/c1-19(8-9-26-18(22)24-19)13-4-7-15(21)16(11-13)23-17(25)10-12-2-5-14(20)6-3-12/h2-7,11H,8-10H2,1H3,(H2,22,24)(H,23,25). The summed E-state index contributed by atoms with van der Waals surface area (Å²) in [6.07, 6.45) is 0.802. The maximum absolute atomic E-state index is 14.2. The van der Waals surface area contributed by atoms with E-state index in [-0.39, 0.29) is 23.8 Å². The number of anilines is 1. The predicted molar refractivity (Wildman–Crippen MR) is 101 cm³/mol. The molecule has 2 aromatic rings. The van der Waals surface area contributed by atoms with E-state index in [0.29, 0.717) is 10.7 Å². The molecule has 0 bridgehead atoms. The lowest BCUT2D eigenvalue weighted by Gasteiger charge is -2.30. The van der Waals surface area contributed by atoms with Crippen LogP contribution in [0.3, 0.4) is 0 Å². The number of hydrogen-bond acceptors (Lipinski definition) is 4. The molecule has 1 amide bonds. The van der Waals surface area contributed by atoms with Gasteiger partial charge in [0.05, 0.1) is 17.6 Å². The van der Waals surface area contributed by atoms with Gasteiger partial charge in [-0.3, -0.25) is 9.79 Å². The third-order valence-corrected chi connectivity index (χ3v) is 5.13. The van der Waals surface area contributed by atoms with E-state index in [1.165, 1.54) is 42.1 Å². The van der Waals surface area contributed by atoms with Crippen LogP contribution in [0.4, 0.5) is 14.5 Å². The van der Waals surface area contributed by atoms with E-state index in [1.807, 2.05) is 6.92 Å². The van der Waals surface area contributed by atoms with Gasteiger partial charge in [0.15, 0.2) is 5.17 Å².